The van der Waals surface area contributed by atoms with Crippen molar-refractivity contribution >= 4 is 11.8 Å². The molecule has 1 fully saturated rings. The van der Waals surface area contributed by atoms with Crippen LogP contribution in [0.15, 0.2) is 22.8 Å². The third-order valence-corrected chi connectivity index (χ3v) is 4.68. The third kappa shape index (κ3) is 4.55. The molecule has 4 nitrogen and oxygen atoms in total. The first-order valence-corrected chi connectivity index (χ1v) is 8.37. The van der Waals surface area contributed by atoms with Gasteiger partial charge in [-0.1, -0.05) is 0 Å². The zero-order chi connectivity index (χ0) is 14.2. The van der Waals surface area contributed by atoms with Crippen LogP contribution in [0.2, 0.25) is 0 Å². The summed E-state index contributed by atoms with van der Waals surface area (Å²) in [6.07, 6.45) is 5.34. The van der Waals surface area contributed by atoms with Crippen LogP contribution in [-0.4, -0.2) is 40.6 Å². The van der Waals surface area contributed by atoms with Gasteiger partial charge in [-0.25, -0.2) is 0 Å². The van der Waals surface area contributed by atoms with E-state index in [1.165, 1.54) is 6.42 Å². The molecule has 0 aliphatic carbocycles. The van der Waals surface area contributed by atoms with Gasteiger partial charge in [0.25, 0.3) is 0 Å². The first-order chi connectivity index (χ1) is 9.81. The van der Waals surface area contributed by atoms with Gasteiger partial charge in [-0.05, 0) is 56.7 Å². The average molecular weight is 294 g/mol. The minimum Gasteiger partial charge on any atom is -0.467 e. The molecule has 2 rings (SSSR count). The Bertz CT molecular complexity index is 416. The molecular formula is C15H22N2O2S. The average Bonchev–Trinajstić information content (AvgIpc) is 3.10. The van der Waals surface area contributed by atoms with E-state index >= 15 is 0 Å². The smallest absolute Gasteiger partial charge is 0.132 e. The summed E-state index contributed by atoms with van der Waals surface area (Å²) in [5, 5.41) is 18.7. The Kier molecular flexibility index (Phi) is 6.44. The Hall–Kier alpha value is -0.960. The van der Waals surface area contributed by atoms with Crippen LogP contribution >= 0.6 is 11.8 Å². The van der Waals surface area contributed by atoms with Crippen LogP contribution in [0.4, 0.5) is 0 Å². The number of aliphatic hydroxyl groups is 1. The van der Waals surface area contributed by atoms with E-state index in [0.717, 1.165) is 38.1 Å². The molecule has 1 saturated heterocycles. The zero-order valence-electron chi connectivity index (χ0n) is 11.7. The lowest BCUT2D eigenvalue weighted by Crippen LogP contribution is -2.32. The number of hydrogen-bond acceptors (Lipinski definition) is 5. The maximum absolute atomic E-state index is 10.2. The highest BCUT2D eigenvalue weighted by Gasteiger charge is 2.27. The maximum Gasteiger partial charge on any atom is 0.132 e. The molecule has 1 aromatic heterocycles. The minimum absolute atomic E-state index is 0.455. The Morgan fingerprint density at radius 1 is 1.60 bits per heavy atom. The van der Waals surface area contributed by atoms with Crippen molar-refractivity contribution in [1.29, 1.82) is 5.26 Å². The fourth-order valence-electron chi connectivity index (χ4n) is 2.80. The molecular weight excluding hydrogens is 272 g/mol. The fourth-order valence-corrected chi connectivity index (χ4v) is 3.37. The molecule has 2 unspecified atom stereocenters. The number of aliphatic hydroxyl groups excluding tert-OH is 1. The molecule has 2 heterocycles. The summed E-state index contributed by atoms with van der Waals surface area (Å²) in [6, 6.07) is 6.26. The molecule has 110 valence electrons. The monoisotopic (exact) mass is 294 g/mol. The number of hydrogen-bond donors (Lipinski definition) is 1. The van der Waals surface area contributed by atoms with E-state index in [2.05, 4.69) is 11.0 Å². The van der Waals surface area contributed by atoms with E-state index in [1.54, 1.807) is 18.0 Å². The Labute approximate surface area is 124 Å². The zero-order valence-corrected chi connectivity index (χ0v) is 12.5. The number of nitrogens with zero attached hydrogens (tertiary/aromatic N) is 2. The molecule has 0 bridgehead atoms. The number of rotatable bonds is 8. The van der Waals surface area contributed by atoms with E-state index < -0.39 is 6.10 Å². The molecule has 1 N–H and O–H groups in total. The lowest BCUT2D eigenvalue weighted by atomic mass is 10.1. The van der Waals surface area contributed by atoms with Crippen LogP contribution < -0.4 is 0 Å². The molecule has 20 heavy (non-hydrogen) atoms. The van der Waals surface area contributed by atoms with E-state index in [4.69, 9.17) is 9.68 Å². The van der Waals surface area contributed by atoms with Crippen molar-refractivity contribution in [1.82, 2.24) is 4.90 Å². The molecule has 1 aromatic rings. The van der Waals surface area contributed by atoms with Crippen LogP contribution in [0.25, 0.3) is 0 Å². The van der Waals surface area contributed by atoms with Gasteiger partial charge in [-0.3, -0.25) is 0 Å². The largest absolute Gasteiger partial charge is 0.467 e. The Balaban J connectivity index is 1.72. The van der Waals surface area contributed by atoms with Crippen molar-refractivity contribution in [3.05, 3.63) is 24.2 Å². The topological polar surface area (TPSA) is 60.4 Å². The second-order valence-corrected chi connectivity index (χ2v) is 6.27. The van der Waals surface area contributed by atoms with E-state index in [0.29, 0.717) is 17.6 Å². The van der Waals surface area contributed by atoms with E-state index in [-0.39, 0.29) is 0 Å². The Morgan fingerprint density at radius 2 is 2.50 bits per heavy atom. The van der Waals surface area contributed by atoms with Gasteiger partial charge < -0.3 is 14.4 Å². The van der Waals surface area contributed by atoms with Crippen LogP contribution in [0, 0.1) is 11.3 Å². The highest BCUT2D eigenvalue weighted by Crippen LogP contribution is 2.27. The van der Waals surface area contributed by atoms with Crippen molar-refractivity contribution in [2.24, 2.45) is 0 Å². The Morgan fingerprint density at radius 3 is 3.25 bits per heavy atom. The van der Waals surface area contributed by atoms with Crippen molar-refractivity contribution in [3.63, 3.8) is 0 Å². The predicted molar refractivity (Wildman–Crippen MR) is 80.4 cm³/mol. The molecule has 0 amide bonds. The lowest BCUT2D eigenvalue weighted by molar-refractivity contribution is 0.102. The van der Waals surface area contributed by atoms with Crippen molar-refractivity contribution in [2.45, 2.75) is 37.8 Å². The summed E-state index contributed by atoms with van der Waals surface area (Å²) in [4.78, 5) is 2.47. The summed E-state index contributed by atoms with van der Waals surface area (Å²) in [5.41, 5.74) is 0. The van der Waals surface area contributed by atoms with Crippen molar-refractivity contribution in [2.75, 3.05) is 24.6 Å². The predicted octanol–water partition coefficient (Wildman–Crippen LogP) is 2.81. The third-order valence-electron chi connectivity index (χ3n) is 3.77. The molecule has 0 spiro atoms. The number of thioether (sulfide) groups is 1. The molecule has 2 atom stereocenters. The van der Waals surface area contributed by atoms with Gasteiger partial charge >= 0.3 is 0 Å². The summed E-state index contributed by atoms with van der Waals surface area (Å²) in [6.45, 7) is 2.19. The SMILES string of the molecule is N#CCSCCCN1CCCC1CC(O)c1ccco1. The molecule has 5 heteroatoms. The van der Waals surface area contributed by atoms with Gasteiger partial charge in [-0.2, -0.15) is 5.26 Å². The molecule has 0 radical (unpaired) electrons. The summed E-state index contributed by atoms with van der Waals surface area (Å²) >= 11 is 1.70. The van der Waals surface area contributed by atoms with Gasteiger partial charge in [0.2, 0.25) is 0 Å². The van der Waals surface area contributed by atoms with Gasteiger partial charge in [0.05, 0.1) is 18.1 Å². The highest BCUT2D eigenvalue weighted by molar-refractivity contribution is 7.99. The standard InChI is InChI=1S/C15H22N2O2S/c16-6-11-20-10-3-8-17-7-1-4-13(17)12-14(18)15-5-2-9-19-15/h2,5,9,13-14,18H,1,3-4,7-8,10-12H2. The van der Waals surface area contributed by atoms with Crippen LogP contribution in [0.5, 0.6) is 0 Å². The van der Waals surface area contributed by atoms with Gasteiger partial charge in [-0.15, -0.1) is 11.8 Å². The molecule has 1 aliphatic heterocycles. The van der Waals surface area contributed by atoms with Gasteiger partial charge in [0.1, 0.15) is 11.9 Å². The van der Waals surface area contributed by atoms with Gasteiger partial charge in [0, 0.05) is 6.04 Å². The van der Waals surface area contributed by atoms with Crippen LogP contribution in [-0.2, 0) is 0 Å². The first kappa shape index (κ1) is 15.4. The van der Waals surface area contributed by atoms with E-state index in [9.17, 15) is 5.11 Å². The van der Waals surface area contributed by atoms with Crippen LogP contribution in [0.3, 0.4) is 0 Å². The van der Waals surface area contributed by atoms with Gasteiger partial charge in [0.15, 0.2) is 0 Å². The van der Waals surface area contributed by atoms with Crippen molar-refractivity contribution in [3.8, 4) is 6.07 Å². The molecule has 0 saturated carbocycles. The fraction of sp³-hybridized carbons (Fsp3) is 0.667. The highest BCUT2D eigenvalue weighted by atomic mass is 32.2. The number of likely N-dealkylation sites (tertiary alicyclic amines) is 1. The molecule has 1 aliphatic rings. The maximum atomic E-state index is 10.2. The summed E-state index contributed by atoms with van der Waals surface area (Å²) < 4.78 is 5.26. The number of nitriles is 1. The second-order valence-electron chi connectivity index (χ2n) is 5.16. The minimum atomic E-state index is -0.497. The quantitative estimate of drug-likeness (QED) is 0.747. The van der Waals surface area contributed by atoms with E-state index in [1.807, 2.05) is 12.1 Å². The van der Waals surface area contributed by atoms with Crippen LogP contribution in [0.1, 0.15) is 37.5 Å². The summed E-state index contributed by atoms with van der Waals surface area (Å²) in [7, 11) is 0. The number of furan rings is 1. The van der Waals surface area contributed by atoms with Crippen molar-refractivity contribution < 1.29 is 9.52 Å². The molecule has 0 aromatic carbocycles. The normalized spacial score (nSPS) is 20.9. The second kappa shape index (κ2) is 8.35. The first-order valence-electron chi connectivity index (χ1n) is 7.21. The summed E-state index contributed by atoms with van der Waals surface area (Å²) in [5.74, 6) is 2.29. The lowest BCUT2D eigenvalue weighted by Gasteiger charge is -2.25.